The predicted octanol–water partition coefficient (Wildman–Crippen LogP) is 5.41. The average Bonchev–Trinajstić information content (AvgIpc) is 2.61. The fourth-order valence-corrected chi connectivity index (χ4v) is 4.40. The number of hydrogen-bond acceptors (Lipinski definition) is 5. The molecule has 2 aromatic rings. The molecule has 0 spiro atoms. The van der Waals surface area contributed by atoms with E-state index in [0.717, 1.165) is 30.4 Å². The molecule has 0 bridgehead atoms. The molecule has 152 valence electrons. The van der Waals surface area contributed by atoms with Crippen molar-refractivity contribution in [3.05, 3.63) is 42.2 Å². The molecule has 0 saturated heterocycles. The van der Waals surface area contributed by atoms with E-state index in [-0.39, 0.29) is 5.97 Å². The monoisotopic (exact) mass is 400 g/mol. The molecule has 28 heavy (non-hydrogen) atoms. The summed E-state index contributed by atoms with van der Waals surface area (Å²) in [6.45, 7) is 10.3. The van der Waals surface area contributed by atoms with E-state index >= 15 is 0 Å². The maximum Gasteiger partial charge on any atom is 0.308 e. The molecule has 1 unspecified atom stereocenters. The minimum Gasteiger partial charge on any atom is -0.427 e. The maximum absolute atomic E-state index is 11.0. The molecule has 6 heteroatoms. The Labute approximate surface area is 169 Å². The van der Waals surface area contributed by atoms with Crippen LogP contribution in [0.2, 0.25) is 19.6 Å². The maximum atomic E-state index is 11.0. The van der Waals surface area contributed by atoms with Gasteiger partial charge in [0.1, 0.15) is 5.75 Å². The molecular weight excluding hydrogens is 368 g/mol. The number of carbonyl (C=O) groups excluding carboxylic acids is 1. The number of carbonyl (C=O) groups is 1. The smallest absolute Gasteiger partial charge is 0.308 e. The van der Waals surface area contributed by atoms with Gasteiger partial charge in [0.25, 0.3) is 0 Å². The van der Waals surface area contributed by atoms with Crippen LogP contribution in [0.4, 0.5) is 0 Å². The first-order valence-electron chi connectivity index (χ1n) is 10.0. The topological polar surface area (TPSA) is 61.3 Å². The lowest BCUT2D eigenvalue weighted by Gasteiger charge is -2.23. The first-order valence-corrected chi connectivity index (χ1v) is 13.4. The molecule has 0 fully saturated rings. The molecular formula is C22H32N2O3Si. The molecule has 1 aromatic heterocycles. The first kappa shape index (κ1) is 22.2. The number of benzene rings is 1. The fraction of sp³-hybridized carbons (Fsp3) is 0.500. The number of hydrogen-bond donors (Lipinski definition) is 0. The Morgan fingerprint density at radius 3 is 2.25 bits per heavy atom. The Morgan fingerprint density at radius 2 is 1.68 bits per heavy atom. The highest BCUT2D eigenvalue weighted by atomic mass is 28.4. The van der Waals surface area contributed by atoms with Crippen LogP contribution in [-0.4, -0.2) is 30.4 Å². The SMILES string of the molecule is CC(=O)Oc1ccc(-c2ncc(CCCCCC(C)O[Si](C)(C)C)cn2)cc1. The molecule has 1 heterocycles. The third-order valence-electron chi connectivity index (χ3n) is 4.21. The third kappa shape index (κ3) is 8.31. The molecule has 0 aliphatic heterocycles. The van der Waals surface area contributed by atoms with E-state index in [9.17, 15) is 4.79 Å². The molecule has 0 saturated carbocycles. The van der Waals surface area contributed by atoms with Gasteiger partial charge in [-0.2, -0.15) is 0 Å². The van der Waals surface area contributed by atoms with Gasteiger partial charge in [0.15, 0.2) is 14.1 Å². The average molecular weight is 401 g/mol. The normalized spacial score (nSPS) is 12.6. The minimum atomic E-state index is -1.42. The van der Waals surface area contributed by atoms with Crippen LogP contribution < -0.4 is 4.74 Å². The van der Waals surface area contributed by atoms with Crippen molar-refractivity contribution >= 4 is 14.3 Å². The highest BCUT2D eigenvalue weighted by molar-refractivity contribution is 6.69. The van der Waals surface area contributed by atoms with Gasteiger partial charge in [0, 0.05) is 31.0 Å². The van der Waals surface area contributed by atoms with E-state index in [1.54, 1.807) is 12.1 Å². The van der Waals surface area contributed by atoms with E-state index in [2.05, 4.69) is 36.5 Å². The number of nitrogens with zero attached hydrogens (tertiary/aromatic N) is 2. The summed E-state index contributed by atoms with van der Waals surface area (Å²) in [7, 11) is -1.42. The van der Waals surface area contributed by atoms with Crippen molar-refractivity contribution in [2.45, 2.75) is 71.7 Å². The molecule has 1 aromatic carbocycles. The molecule has 0 N–H and O–H groups in total. The highest BCUT2D eigenvalue weighted by Crippen LogP contribution is 2.20. The second kappa shape index (κ2) is 10.5. The van der Waals surface area contributed by atoms with Gasteiger partial charge in [-0.25, -0.2) is 9.97 Å². The lowest BCUT2D eigenvalue weighted by molar-refractivity contribution is -0.131. The van der Waals surface area contributed by atoms with E-state index in [4.69, 9.17) is 9.16 Å². The zero-order chi connectivity index (χ0) is 20.6. The minimum absolute atomic E-state index is 0.327. The number of rotatable bonds is 10. The quantitative estimate of drug-likeness (QED) is 0.231. The number of aromatic nitrogens is 2. The lowest BCUT2D eigenvalue weighted by Crippen LogP contribution is -2.30. The van der Waals surface area contributed by atoms with Crippen molar-refractivity contribution in [3.63, 3.8) is 0 Å². The Kier molecular flexibility index (Phi) is 8.32. The number of ether oxygens (including phenoxy) is 1. The van der Waals surface area contributed by atoms with E-state index in [1.807, 2.05) is 24.5 Å². The predicted molar refractivity (Wildman–Crippen MR) is 115 cm³/mol. The summed E-state index contributed by atoms with van der Waals surface area (Å²) >= 11 is 0. The molecule has 1 atom stereocenters. The van der Waals surface area contributed by atoms with Gasteiger partial charge in [0.05, 0.1) is 0 Å². The molecule has 0 amide bonds. The molecule has 0 radical (unpaired) electrons. The Bertz CT molecular complexity index is 740. The fourth-order valence-electron chi connectivity index (χ4n) is 3.07. The number of esters is 1. The van der Waals surface area contributed by atoms with Crippen LogP contribution in [0.15, 0.2) is 36.7 Å². The van der Waals surface area contributed by atoms with Gasteiger partial charge in [-0.1, -0.05) is 12.8 Å². The van der Waals surface area contributed by atoms with Crippen LogP contribution in [0, 0.1) is 0 Å². The summed E-state index contributed by atoms with van der Waals surface area (Å²) in [6, 6.07) is 7.22. The highest BCUT2D eigenvalue weighted by Gasteiger charge is 2.17. The van der Waals surface area contributed by atoms with Crippen molar-refractivity contribution in [2.75, 3.05) is 0 Å². The van der Waals surface area contributed by atoms with Crippen LogP contribution in [0.3, 0.4) is 0 Å². The summed E-state index contributed by atoms with van der Waals surface area (Å²) in [5.41, 5.74) is 2.06. The summed E-state index contributed by atoms with van der Waals surface area (Å²) in [6.07, 6.45) is 9.81. The van der Waals surface area contributed by atoms with Crippen molar-refractivity contribution in [1.29, 1.82) is 0 Å². The van der Waals surface area contributed by atoms with Gasteiger partial charge >= 0.3 is 5.97 Å². The van der Waals surface area contributed by atoms with E-state index < -0.39 is 8.32 Å². The van der Waals surface area contributed by atoms with Gasteiger partial charge in [0.2, 0.25) is 0 Å². The van der Waals surface area contributed by atoms with Crippen molar-refractivity contribution in [1.82, 2.24) is 9.97 Å². The van der Waals surface area contributed by atoms with E-state index in [1.165, 1.54) is 19.8 Å². The van der Waals surface area contributed by atoms with Gasteiger partial charge in [-0.05, 0) is 75.7 Å². The Morgan fingerprint density at radius 1 is 1.04 bits per heavy atom. The molecule has 0 aliphatic carbocycles. The number of unbranched alkanes of at least 4 members (excludes halogenated alkanes) is 2. The van der Waals surface area contributed by atoms with Crippen LogP contribution in [0.25, 0.3) is 11.4 Å². The van der Waals surface area contributed by atoms with Crippen molar-refractivity contribution in [3.8, 4) is 17.1 Å². The van der Waals surface area contributed by atoms with Crippen LogP contribution in [0.5, 0.6) is 5.75 Å². The zero-order valence-corrected chi connectivity index (χ0v) is 18.7. The summed E-state index contributed by atoms with van der Waals surface area (Å²) < 4.78 is 11.1. The largest absolute Gasteiger partial charge is 0.427 e. The van der Waals surface area contributed by atoms with Crippen molar-refractivity contribution < 1.29 is 14.0 Å². The third-order valence-corrected chi connectivity index (χ3v) is 5.32. The molecule has 2 rings (SSSR count). The lowest BCUT2D eigenvalue weighted by atomic mass is 10.1. The van der Waals surface area contributed by atoms with Crippen molar-refractivity contribution in [2.24, 2.45) is 0 Å². The van der Waals surface area contributed by atoms with E-state index in [0.29, 0.717) is 17.7 Å². The Balaban J connectivity index is 1.74. The van der Waals surface area contributed by atoms with Gasteiger partial charge < -0.3 is 9.16 Å². The van der Waals surface area contributed by atoms with Crippen LogP contribution in [-0.2, 0) is 15.6 Å². The molecule has 0 aliphatic rings. The van der Waals surface area contributed by atoms with Crippen LogP contribution in [0.1, 0.15) is 45.1 Å². The summed E-state index contributed by atoms with van der Waals surface area (Å²) in [5, 5.41) is 0. The standard InChI is InChI=1S/C22H32N2O3Si/c1-17(27-28(3,4)5)9-7-6-8-10-19-15-23-22(24-16-19)20-11-13-21(14-12-20)26-18(2)25/h11-17H,6-10H2,1-5H3. The Hall–Kier alpha value is -2.05. The summed E-state index contributed by atoms with van der Waals surface area (Å²) in [4.78, 5) is 19.9. The van der Waals surface area contributed by atoms with Crippen LogP contribution >= 0.6 is 0 Å². The second-order valence-electron chi connectivity index (χ2n) is 8.17. The zero-order valence-electron chi connectivity index (χ0n) is 17.7. The summed E-state index contributed by atoms with van der Waals surface area (Å²) in [5.74, 6) is 0.874. The first-order chi connectivity index (χ1) is 13.2. The number of aryl methyl sites for hydroxylation is 1. The van der Waals surface area contributed by atoms with Gasteiger partial charge in [-0.15, -0.1) is 0 Å². The second-order valence-corrected chi connectivity index (χ2v) is 12.6. The van der Waals surface area contributed by atoms with Gasteiger partial charge in [-0.3, -0.25) is 4.79 Å². The molecule has 5 nitrogen and oxygen atoms in total.